The molecule has 6 nitrogen and oxygen atoms in total. The van der Waals surface area contributed by atoms with Crippen molar-refractivity contribution in [1.29, 1.82) is 0 Å². The lowest BCUT2D eigenvalue weighted by Gasteiger charge is -2.13. The highest BCUT2D eigenvalue weighted by molar-refractivity contribution is 6.22. The second kappa shape index (κ2) is 10.2. The molecule has 0 aromatic heterocycles. The number of hydrogen-bond donors (Lipinski definition) is 2. The van der Waals surface area contributed by atoms with Gasteiger partial charge in [0.1, 0.15) is 0 Å². The van der Waals surface area contributed by atoms with Gasteiger partial charge in [0.05, 0.1) is 11.1 Å². The standard InChI is InChI=1S/C22H25N3O3.ClH/c1-3-23-15(2)14-24-20(26)17-9-10-18-19(13-17)22(28)25(21(18)27)12-11-16-7-5-4-6-8-16;/h4-10,13,15,23H,3,11-12,14H2,1-2H3,(H,24,26);1H/t15-;/m1./s1. The van der Waals surface area contributed by atoms with Crippen LogP contribution in [0, 0.1) is 0 Å². The van der Waals surface area contributed by atoms with Gasteiger partial charge in [0, 0.05) is 24.7 Å². The van der Waals surface area contributed by atoms with Crippen molar-refractivity contribution in [2.24, 2.45) is 0 Å². The molecule has 0 spiro atoms. The Morgan fingerprint density at radius 2 is 1.72 bits per heavy atom. The lowest BCUT2D eigenvalue weighted by molar-refractivity contribution is 0.0656. The van der Waals surface area contributed by atoms with E-state index in [4.69, 9.17) is 0 Å². The SMILES string of the molecule is CCN[C@H](C)CNC(=O)c1ccc2c(c1)C(=O)N(CCc1ccccc1)C2=O.Cl. The molecule has 0 saturated heterocycles. The van der Waals surface area contributed by atoms with Gasteiger partial charge in [0.15, 0.2) is 0 Å². The third kappa shape index (κ3) is 5.22. The zero-order valence-corrected chi connectivity index (χ0v) is 17.4. The van der Waals surface area contributed by atoms with Crippen LogP contribution in [0.4, 0.5) is 0 Å². The van der Waals surface area contributed by atoms with Crippen LogP contribution in [0.3, 0.4) is 0 Å². The number of carbonyl (C=O) groups excluding carboxylic acids is 3. The Morgan fingerprint density at radius 3 is 2.41 bits per heavy atom. The van der Waals surface area contributed by atoms with Crippen molar-refractivity contribution < 1.29 is 14.4 Å². The maximum absolute atomic E-state index is 12.7. The van der Waals surface area contributed by atoms with E-state index in [1.165, 1.54) is 11.0 Å². The van der Waals surface area contributed by atoms with E-state index in [0.29, 0.717) is 36.2 Å². The number of likely N-dealkylation sites (N-methyl/N-ethyl adjacent to an activating group) is 1. The quantitative estimate of drug-likeness (QED) is 0.650. The Hall–Kier alpha value is -2.70. The molecule has 0 bridgehead atoms. The third-order valence-corrected chi connectivity index (χ3v) is 4.82. The summed E-state index contributed by atoms with van der Waals surface area (Å²) < 4.78 is 0. The molecule has 0 fully saturated rings. The van der Waals surface area contributed by atoms with E-state index >= 15 is 0 Å². The lowest BCUT2D eigenvalue weighted by Crippen LogP contribution is -2.38. The van der Waals surface area contributed by atoms with Crippen molar-refractivity contribution in [1.82, 2.24) is 15.5 Å². The molecule has 2 N–H and O–H groups in total. The van der Waals surface area contributed by atoms with E-state index in [2.05, 4.69) is 10.6 Å². The van der Waals surface area contributed by atoms with E-state index in [9.17, 15) is 14.4 Å². The molecule has 1 aliphatic rings. The number of hydrogen-bond acceptors (Lipinski definition) is 4. The van der Waals surface area contributed by atoms with Crippen LogP contribution in [0.5, 0.6) is 0 Å². The monoisotopic (exact) mass is 415 g/mol. The highest BCUT2D eigenvalue weighted by atomic mass is 35.5. The van der Waals surface area contributed by atoms with Crippen LogP contribution >= 0.6 is 12.4 Å². The summed E-state index contributed by atoms with van der Waals surface area (Å²) in [5.74, 6) is -0.897. The number of nitrogens with zero attached hydrogens (tertiary/aromatic N) is 1. The van der Waals surface area contributed by atoms with Gasteiger partial charge < -0.3 is 10.6 Å². The Bertz CT molecular complexity index is 886. The molecule has 2 aromatic carbocycles. The molecule has 3 rings (SSSR count). The van der Waals surface area contributed by atoms with Gasteiger partial charge in [-0.15, -0.1) is 12.4 Å². The normalized spacial score (nSPS) is 13.7. The van der Waals surface area contributed by atoms with Crippen LogP contribution in [0.25, 0.3) is 0 Å². The fourth-order valence-electron chi connectivity index (χ4n) is 3.29. The average Bonchev–Trinajstić information content (AvgIpc) is 2.95. The predicted molar refractivity (Wildman–Crippen MR) is 115 cm³/mol. The molecule has 1 atom stereocenters. The molecule has 0 aliphatic carbocycles. The largest absolute Gasteiger partial charge is 0.350 e. The molecule has 2 aromatic rings. The summed E-state index contributed by atoms with van der Waals surface area (Å²) in [4.78, 5) is 39.0. The lowest BCUT2D eigenvalue weighted by atomic mass is 10.1. The first kappa shape index (κ1) is 22.6. The zero-order chi connectivity index (χ0) is 20.1. The van der Waals surface area contributed by atoms with Crippen LogP contribution in [-0.2, 0) is 6.42 Å². The number of rotatable bonds is 8. The summed E-state index contributed by atoms with van der Waals surface area (Å²) in [6.45, 7) is 5.62. The second-order valence-electron chi connectivity index (χ2n) is 6.93. The minimum atomic E-state index is -0.341. The highest BCUT2D eigenvalue weighted by Gasteiger charge is 2.35. The molecule has 3 amide bonds. The Kier molecular flexibility index (Phi) is 7.93. The van der Waals surface area contributed by atoms with Crippen molar-refractivity contribution in [3.05, 3.63) is 70.8 Å². The van der Waals surface area contributed by atoms with Crippen molar-refractivity contribution in [3.63, 3.8) is 0 Å². The molecule has 1 heterocycles. The fraction of sp³-hybridized carbons (Fsp3) is 0.318. The topological polar surface area (TPSA) is 78.5 Å². The Balaban J connectivity index is 0.00000300. The maximum atomic E-state index is 12.7. The number of fused-ring (bicyclic) bond motifs is 1. The van der Waals surface area contributed by atoms with E-state index in [1.54, 1.807) is 12.1 Å². The van der Waals surface area contributed by atoms with Crippen molar-refractivity contribution in [2.75, 3.05) is 19.6 Å². The van der Waals surface area contributed by atoms with Gasteiger partial charge in [0.25, 0.3) is 17.7 Å². The third-order valence-electron chi connectivity index (χ3n) is 4.82. The molecule has 7 heteroatoms. The van der Waals surface area contributed by atoms with Crippen LogP contribution in [0.2, 0.25) is 0 Å². The predicted octanol–water partition coefficient (Wildman–Crippen LogP) is 2.67. The zero-order valence-electron chi connectivity index (χ0n) is 16.6. The maximum Gasteiger partial charge on any atom is 0.261 e. The first-order valence-corrected chi connectivity index (χ1v) is 9.57. The van der Waals surface area contributed by atoms with E-state index in [0.717, 1.165) is 12.1 Å². The molecular formula is C22H26ClN3O3. The Morgan fingerprint density at radius 1 is 1.03 bits per heavy atom. The number of halogens is 1. The highest BCUT2D eigenvalue weighted by Crippen LogP contribution is 2.24. The minimum Gasteiger partial charge on any atom is -0.350 e. The molecule has 0 saturated carbocycles. The second-order valence-corrected chi connectivity index (χ2v) is 6.93. The van der Waals surface area contributed by atoms with Gasteiger partial charge in [-0.25, -0.2) is 0 Å². The van der Waals surface area contributed by atoms with Gasteiger partial charge in [-0.1, -0.05) is 37.3 Å². The summed E-state index contributed by atoms with van der Waals surface area (Å²) in [7, 11) is 0. The molecule has 0 radical (unpaired) electrons. The molecule has 154 valence electrons. The Labute approximate surface area is 177 Å². The first-order chi connectivity index (χ1) is 13.5. The molecule has 0 unspecified atom stereocenters. The van der Waals surface area contributed by atoms with Crippen molar-refractivity contribution in [2.45, 2.75) is 26.3 Å². The smallest absolute Gasteiger partial charge is 0.261 e. The summed E-state index contributed by atoms with van der Waals surface area (Å²) in [6.07, 6.45) is 0.599. The van der Waals surface area contributed by atoms with Crippen LogP contribution in [0.15, 0.2) is 48.5 Å². The molecular weight excluding hydrogens is 390 g/mol. The van der Waals surface area contributed by atoms with Gasteiger partial charge in [-0.05, 0) is 43.7 Å². The molecule has 1 aliphatic heterocycles. The van der Waals surface area contributed by atoms with Crippen LogP contribution < -0.4 is 10.6 Å². The number of carbonyl (C=O) groups is 3. The van der Waals surface area contributed by atoms with Gasteiger partial charge in [-0.3, -0.25) is 19.3 Å². The summed E-state index contributed by atoms with van der Waals surface area (Å²) in [5, 5.41) is 6.07. The number of amides is 3. The van der Waals surface area contributed by atoms with E-state index < -0.39 is 0 Å². The van der Waals surface area contributed by atoms with Crippen molar-refractivity contribution in [3.8, 4) is 0 Å². The van der Waals surface area contributed by atoms with Gasteiger partial charge >= 0.3 is 0 Å². The van der Waals surface area contributed by atoms with E-state index in [1.807, 2.05) is 44.2 Å². The first-order valence-electron chi connectivity index (χ1n) is 9.57. The van der Waals surface area contributed by atoms with E-state index in [-0.39, 0.29) is 36.2 Å². The van der Waals surface area contributed by atoms with Gasteiger partial charge in [-0.2, -0.15) is 0 Å². The summed E-state index contributed by atoms with van der Waals surface area (Å²) >= 11 is 0. The summed E-state index contributed by atoms with van der Waals surface area (Å²) in [5.41, 5.74) is 2.10. The summed E-state index contributed by atoms with van der Waals surface area (Å²) in [6, 6.07) is 14.6. The number of benzene rings is 2. The number of nitrogens with one attached hydrogen (secondary N) is 2. The minimum absolute atomic E-state index is 0. The number of imide groups is 1. The van der Waals surface area contributed by atoms with Gasteiger partial charge in [0.2, 0.25) is 0 Å². The van der Waals surface area contributed by atoms with Crippen LogP contribution in [-0.4, -0.2) is 48.3 Å². The fourth-order valence-corrected chi connectivity index (χ4v) is 3.29. The van der Waals surface area contributed by atoms with Crippen molar-refractivity contribution >= 4 is 30.1 Å². The van der Waals surface area contributed by atoms with Crippen LogP contribution in [0.1, 0.15) is 50.5 Å². The molecule has 29 heavy (non-hydrogen) atoms. The average molecular weight is 416 g/mol.